The number of amides is 1. The van der Waals surface area contributed by atoms with Gasteiger partial charge in [0.2, 0.25) is 0 Å². The topological polar surface area (TPSA) is 50.4 Å². The summed E-state index contributed by atoms with van der Waals surface area (Å²) in [6, 6.07) is 10.7. The van der Waals surface area contributed by atoms with Gasteiger partial charge in [-0.25, -0.2) is 0 Å². The summed E-state index contributed by atoms with van der Waals surface area (Å²) in [4.78, 5) is 14.0. The molecule has 2 N–H and O–H groups in total. The van der Waals surface area contributed by atoms with Crippen molar-refractivity contribution < 1.29 is 18.3 Å². The van der Waals surface area contributed by atoms with Crippen LogP contribution >= 0.6 is 11.3 Å². The lowest BCUT2D eigenvalue weighted by molar-refractivity contribution is -0.0498. The van der Waals surface area contributed by atoms with Gasteiger partial charge in [0.25, 0.3) is 5.91 Å². The van der Waals surface area contributed by atoms with Gasteiger partial charge in [-0.3, -0.25) is 4.79 Å². The van der Waals surface area contributed by atoms with E-state index >= 15 is 0 Å². The molecule has 1 amide bonds. The number of alkyl halides is 2. The van der Waals surface area contributed by atoms with Crippen LogP contribution in [0.15, 0.2) is 36.4 Å². The van der Waals surface area contributed by atoms with Gasteiger partial charge in [-0.15, -0.1) is 11.3 Å². The molecule has 4 nitrogen and oxygen atoms in total. The zero-order valence-electron chi connectivity index (χ0n) is 13.8. The predicted octanol–water partition coefficient (Wildman–Crippen LogP) is 3.89. The molecule has 2 heterocycles. The van der Waals surface area contributed by atoms with Crippen LogP contribution in [0.1, 0.15) is 29.4 Å². The van der Waals surface area contributed by atoms with Crippen molar-refractivity contribution in [1.82, 2.24) is 10.6 Å². The number of halogens is 2. The Kier molecular flexibility index (Phi) is 5.65. The maximum atomic E-state index is 12.4. The van der Waals surface area contributed by atoms with E-state index in [2.05, 4.69) is 22.3 Å². The Hall–Kier alpha value is -1.99. The van der Waals surface area contributed by atoms with Crippen molar-refractivity contribution in [2.75, 3.05) is 6.54 Å². The van der Waals surface area contributed by atoms with E-state index in [1.807, 2.05) is 6.07 Å². The molecule has 0 bridgehead atoms. The Morgan fingerprint density at radius 2 is 2.04 bits per heavy atom. The van der Waals surface area contributed by atoms with Gasteiger partial charge in [0.15, 0.2) is 0 Å². The van der Waals surface area contributed by atoms with Crippen LogP contribution in [0.5, 0.6) is 5.75 Å². The largest absolute Gasteiger partial charge is 0.435 e. The van der Waals surface area contributed by atoms with Crippen molar-refractivity contribution in [3.63, 3.8) is 0 Å². The Morgan fingerprint density at radius 3 is 2.72 bits per heavy atom. The van der Waals surface area contributed by atoms with Crippen molar-refractivity contribution in [2.24, 2.45) is 0 Å². The number of piperidine rings is 1. The van der Waals surface area contributed by atoms with Gasteiger partial charge in [0, 0.05) is 17.0 Å². The molecule has 2 aromatic rings. The third-order valence-electron chi connectivity index (χ3n) is 4.15. The predicted molar refractivity (Wildman–Crippen MR) is 94.3 cm³/mol. The van der Waals surface area contributed by atoms with Gasteiger partial charge < -0.3 is 15.4 Å². The molecule has 0 saturated carbocycles. The highest BCUT2D eigenvalue weighted by Crippen LogP contribution is 2.30. The van der Waals surface area contributed by atoms with Gasteiger partial charge >= 0.3 is 6.61 Å². The lowest BCUT2D eigenvalue weighted by Crippen LogP contribution is -2.46. The summed E-state index contributed by atoms with van der Waals surface area (Å²) >= 11 is 1.39. The zero-order chi connectivity index (χ0) is 17.8. The number of nitrogens with one attached hydrogen (secondary N) is 2. The second-order valence-corrected chi connectivity index (χ2v) is 7.20. The van der Waals surface area contributed by atoms with Crippen LogP contribution in [0.25, 0.3) is 10.4 Å². The van der Waals surface area contributed by atoms with Crippen LogP contribution in [0.4, 0.5) is 8.78 Å². The van der Waals surface area contributed by atoms with E-state index in [-0.39, 0.29) is 17.7 Å². The van der Waals surface area contributed by atoms with Crippen LogP contribution in [0.2, 0.25) is 0 Å². The van der Waals surface area contributed by atoms with Crippen LogP contribution in [-0.4, -0.2) is 31.1 Å². The number of carbonyl (C=O) groups excluding carboxylic acids is 1. The van der Waals surface area contributed by atoms with Crippen molar-refractivity contribution in [3.05, 3.63) is 41.3 Å². The number of hydrogen-bond acceptors (Lipinski definition) is 4. The molecule has 2 unspecified atom stereocenters. The molecule has 0 radical (unpaired) electrons. The molecular weight excluding hydrogens is 346 g/mol. The Morgan fingerprint density at radius 1 is 1.28 bits per heavy atom. The third kappa shape index (κ3) is 4.76. The molecule has 1 fully saturated rings. The molecule has 1 saturated heterocycles. The van der Waals surface area contributed by atoms with Gasteiger partial charge in [-0.2, -0.15) is 8.78 Å². The third-order valence-corrected chi connectivity index (χ3v) is 5.29. The SMILES string of the molecule is CC1CC(NC(=O)c2ccc(-c3ccc(OC(F)F)cc3)s2)CCN1. The second kappa shape index (κ2) is 7.93. The fraction of sp³-hybridized carbons (Fsp3) is 0.389. The minimum atomic E-state index is -2.83. The minimum absolute atomic E-state index is 0.0620. The number of carbonyl (C=O) groups is 1. The number of rotatable bonds is 5. The molecule has 1 aromatic carbocycles. The highest BCUT2D eigenvalue weighted by Gasteiger charge is 2.21. The number of benzene rings is 1. The Labute approximate surface area is 149 Å². The maximum absolute atomic E-state index is 12.4. The summed E-state index contributed by atoms with van der Waals surface area (Å²) in [6.45, 7) is 0.193. The Bertz CT molecular complexity index is 718. The number of ether oxygens (including phenoxy) is 1. The fourth-order valence-corrected chi connectivity index (χ4v) is 3.85. The molecule has 7 heteroatoms. The first-order valence-electron chi connectivity index (χ1n) is 8.20. The summed E-state index contributed by atoms with van der Waals surface area (Å²) in [5.41, 5.74) is 0.862. The van der Waals surface area contributed by atoms with Crippen molar-refractivity contribution >= 4 is 17.2 Å². The number of hydrogen-bond donors (Lipinski definition) is 2. The van der Waals surface area contributed by atoms with Gasteiger partial charge in [-0.1, -0.05) is 0 Å². The molecule has 0 aliphatic carbocycles. The van der Waals surface area contributed by atoms with E-state index in [9.17, 15) is 13.6 Å². The molecule has 1 aliphatic rings. The molecule has 134 valence electrons. The van der Waals surface area contributed by atoms with Gasteiger partial charge in [0.1, 0.15) is 5.75 Å². The van der Waals surface area contributed by atoms with Crippen LogP contribution in [0.3, 0.4) is 0 Å². The van der Waals surface area contributed by atoms with Crippen LogP contribution < -0.4 is 15.4 Å². The quantitative estimate of drug-likeness (QED) is 0.844. The van der Waals surface area contributed by atoms with Crippen molar-refractivity contribution in [1.29, 1.82) is 0 Å². The summed E-state index contributed by atoms with van der Waals surface area (Å²) in [5.74, 6) is 0.0568. The van der Waals surface area contributed by atoms with E-state index in [1.54, 1.807) is 18.2 Å². The fourth-order valence-electron chi connectivity index (χ4n) is 2.94. The van der Waals surface area contributed by atoms with Gasteiger partial charge in [-0.05, 0) is 68.3 Å². The smallest absolute Gasteiger partial charge is 0.387 e. The molecule has 3 rings (SSSR count). The lowest BCUT2D eigenvalue weighted by atomic mass is 10.0. The molecule has 1 aliphatic heterocycles. The zero-order valence-corrected chi connectivity index (χ0v) is 14.6. The molecule has 1 aromatic heterocycles. The molecule has 2 atom stereocenters. The maximum Gasteiger partial charge on any atom is 0.387 e. The normalized spacial score (nSPS) is 20.5. The second-order valence-electron chi connectivity index (χ2n) is 6.12. The minimum Gasteiger partial charge on any atom is -0.435 e. The first-order chi connectivity index (χ1) is 12.0. The first kappa shape index (κ1) is 17.8. The number of thiophene rings is 1. The standard InChI is InChI=1S/C18H20F2N2O2S/c1-11-10-13(8-9-21-11)22-17(23)16-7-6-15(25-16)12-2-4-14(5-3-12)24-18(19)20/h2-7,11,13,18,21H,8-10H2,1H3,(H,22,23). The molecule has 0 spiro atoms. The van der Waals surface area contributed by atoms with Gasteiger partial charge in [0.05, 0.1) is 4.88 Å². The van der Waals surface area contributed by atoms with E-state index < -0.39 is 6.61 Å². The van der Waals surface area contributed by atoms with E-state index in [0.29, 0.717) is 10.9 Å². The Balaban J connectivity index is 1.64. The summed E-state index contributed by atoms with van der Waals surface area (Å²) < 4.78 is 28.7. The lowest BCUT2D eigenvalue weighted by Gasteiger charge is -2.28. The molecule has 25 heavy (non-hydrogen) atoms. The van der Waals surface area contributed by atoms with E-state index in [0.717, 1.165) is 29.8 Å². The monoisotopic (exact) mass is 366 g/mol. The van der Waals surface area contributed by atoms with Crippen molar-refractivity contribution in [3.8, 4) is 16.2 Å². The highest BCUT2D eigenvalue weighted by molar-refractivity contribution is 7.17. The van der Waals surface area contributed by atoms with Crippen LogP contribution in [0, 0.1) is 0 Å². The molecular formula is C18H20F2N2O2S. The summed E-state index contributed by atoms with van der Waals surface area (Å²) in [7, 11) is 0. The summed E-state index contributed by atoms with van der Waals surface area (Å²) in [5, 5.41) is 6.45. The average molecular weight is 366 g/mol. The highest BCUT2D eigenvalue weighted by atomic mass is 32.1. The summed E-state index contributed by atoms with van der Waals surface area (Å²) in [6.07, 6.45) is 1.86. The van der Waals surface area contributed by atoms with E-state index in [1.165, 1.54) is 23.5 Å². The van der Waals surface area contributed by atoms with Crippen LogP contribution in [-0.2, 0) is 0 Å². The average Bonchev–Trinajstić information content (AvgIpc) is 3.05. The first-order valence-corrected chi connectivity index (χ1v) is 9.02. The van der Waals surface area contributed by atoms with E-state index in [4.69, 9.17) is 0 Å². The van der Waals surface area contributed by atoms with Crippen molar-refractivity contribution in [2.45, 2.75) is 38.5 Å².